The molecule has 1 aromatic carbocycles. The van der Waals surface area contributed by atoms with Crippen LogP contribution in [0.2, 0.25) is 0 Å². The van der Waals surface area contributed by atoms with Gasteiger partial charge in [0.05, 0.1) is 18.2 Å². The van der Waals surface area contributed by atoms with Crippen molar-refractivity contribution in [2.24, 2.45) is 5.41 Å². The molecule has 3 N–H and O–H groups in total. The molecule has 0 radical (unpaired) electrons. The van der Waals surface area contributed by atoms with Crippen LogP contribution in [0.25, 0.3) is 0 Å². The lowest BCUT2D eigenvalue weighted by Crippen LogP contribution is -2.62. The van der Waals surface area contributed by atoms with Gasteiger partial charge in [-0.1, -0.05) is 12.5 Å². The smallest absolute Gasteiger partial charge is 0.254 e. The van der Waals surface area contributed by atoms with Crippen molar-refractivity contribution >= 4 is 11.8 Å². The van der Waals surface area contributed by atoms with Gasteiger partial charge in [0.1, 0.15) is 5.75 Å². The lowest BCUT2D eigenvalue weighted by atomic mass is 9.60. The molecule has 2 heterocycles. The molecule has 2 fully saturated rings. The summed E-state index contributed by atoms with van der Waals surface area (Å²) in [7, 11) is 0. The third kappa shape index (κ3) is 3.68. The fraction of sp³-hybridized carbons (Fsp3) is 0.522. The van der Waals surface area contributed by atoms with Crippen LogP contribution in [-0.2, 0) is 11.2 Å². The number of benzene rings is 1. The van der Waals surface area contributed by atoms with E-state index < -0.39 is 0 Å². The fourth-order valence-electron chi connectivity index (χ4n) is 4.90. The second-order valence-corrected chi connectivity index (χ2v) is 8.93. The van der Waals surface area contributed by atoms with Gasteiger partial charge in [0.2, 0.25) is 5.91 Å². The number of carbonyl (C=O) groups is 2. The number of aryl methyl sites for hydroxylation is 3. The van der Waals surface area contributed by atoms with E-state index in [1.54, 1.807) is 12.1 Å². The molecule has 160 valence electrons. The number of H-pyrrole nitrogens is 1. The maximum absolute atomic E-state index is 13.2. The Kier molecular flexibility index (Phi) is 5.30. The normalized spacial score (nSPS) is 20.1. The Balaban J connectivity index is 1.50. The molecule has 1 unspecified atom stereocenters. The van der Waals surface area contributed by atoms with Gasteiger partial charge in [-0.3, -0.25) is 14.7 Å². The summed E-state index contributed by atoms with van der Waals surface area (Å²) in [6.45, 7) is 6.88. The Labute approximate surface area is 176 Å². The molecule has 1 saturated heterocycles. The summed E-state index contributed by atoms with van der Waals surface area (Å²) >= 11 is 0. The summed E-state index contributed by atoms with van der Waals surface area (Å²) in [5, 5.41) is 20.2. The van der Waals surface area contributed by atoms with E-state index in [0.717, 1.165) is 41.8 Å². The Morgan fingerprint density at radius 3 is 2.67 bits per heavy atom. The Morgan fingerprint density at radius 2 is 2.03 bits per heavy atom. The first kappa shape index (κ1) is 20.4. The number of hydrogen-bond donors (Lipinski definition) is 3. The first-order valence-electron chi connectivity index (χ1n) is 10.7. The van der Waals surface area contributed by atoms with Crippen molar-refractivity contribution < 1.29 is 14.7 Å². The number of aromatic nitrogens is 2. The van der Waals surface area contributed by atoms with Crippen molar-refractivity contribution in [3.05, 3.63) is 46.3 Å². The highest BCUT2D eigenvalue weighted by atomic mass is 16.3. The minimum absolute atomic E-state index is 0.0262. The summed E-state index contributed by atoms with van der Waals surface area (Å²) in [6.07, 6.45) is 4.54. The Bertz CT molecular complexity index is 957. The van der Waals surface area contributed by atoms with Crippen LogP contribution >= 0.6 is 0 Å². The number of aromatic amines is 1. The van der Waals surface area contributed by atoms with Crippen molar-refractivity contribution in [2.45, 2.75) is 58.9 Å². The maximum atomic E-state index is 13.2. The summed E-state index contributed by atoms with van der Waals surface area (Å²) in [4.78, 5) is 27.8. The number of nitrogens with one attached hydrogen (secondary N) is 2. The zero-order valence-electron chi connectivity index (χ0n) is 17.9. The minimum atomic E-state index is -0.0849. The lowest BCUT2D eigenvalue weighted by molar-refractivity contribution is -0.124. The molecule has 0 bridgehead atoms. The predicted molar refractivity (Wildman–Crippen MR) is 113 cm³/mol. The number of hydrogen-bond acceptors (Lipinski definition) is 4. The highest BCUT2D eigenvalue weighted by Crippen LogP contribution is 2.49. The summed E-state index contributed by atoms with van der Waals surface area (Å²) in [6, 6.07) is 4.83. The number of phenolic OH excluding ortho intramolecular Hbond substituents is 1. The second kappa shape index (κ2) is 7.78. The second-order valence-electron chi connectivity index (χ2n) is 8.93. The van der Waals surface area contributed by atoms with Crippen LogP contribution in [0.5, 0.6) is 5.75 Å². The van der Waals surface area contributed by atoms with Crippen molar-refractivity contribution in [2.75, 3.05) is 13.1 Å². The van der Waals surface area contributed by atoms with Gasteiger partial charge >= 0.3 is 0 Å². The number of rotatable bonds is 4. The molecule has 1 atom stereocenters. The molecule has 1 saturated carbocycles. The fourth-order valence-corrected chi connectivity index (χ4v) is 4.90. The van der Waals surface area contributed by atoms with E-state index in [4.69, 9.17) is 0 Å². The van der Waals surface area contributed by atoms with Gasteiger partial charge in [-0.15, -0.1) is 0 Å². The standard InChI is InChI=1S/C23H30N4O3/c1-14-5-6-17(28)11-18(14)22(30)27-10-9-23(7-4-8-23)20(13-27)24-21(29)12-19-15(2)25-26-16(19)3/h5-6,11,20,28H,4,7-10,12-13H2,1-3H3,(H,24,29)(H,25,26). The lowest BCUT2D eigenvalue weighted by Gasteiger charge is -2.53. The first-order valence-corrected chi connectivity index (χ1v) is 10.7. The molecule has 2 aliphatic rings. The average Bonchev–Trinajstić information content (AvgIpc) is 3.00. The van der Waals surface area contributed by atoms with Gasteiger partial charge in [0, 0.05) is 29.9 Å². The summed E-state index contributed by atoms with van der Waals surface area (Å²) in [5.74, 6) is -0.0211. The van der Waals surface area contributed by atoms with Crippen LogP contribution in [-0.4, -0.2) is 51.1 Å². The highest BCUT2D eigenvalue weighted by Gasteiger charge is 2.48. The predicted octanol–water partition coefficient (Wildman–Crippen LogP) is 2.78. The van der Waals surface area contributed by atoms with Crippen molar-refractivity contribution in [1.82, 2.24) is 20.4 Å². The van der Waals surface area contributed by atoms with Crippen LogP contribution in [0.4, 0.5) is 0 Å². The highest BCUT2D eigenvalue weighted by molar-refractivity contribution is 5.96. The van der Waals surface area contributed by atoms with Gasteiger partial charge < -0.3 is 15.3 Å². The van der Waals surface area contributed by atoms with E-state index in [2.05, 4.69) is 15.5 Å². The molecule has 2 amide bonds. The van der Waals surface area contributed by atoms with E-state index in [1.807, 2.05) is 25.7 Å². The van der Waals surface area contributed by atoms with E-state index in [9.17, 15) is 14.7 Å². The van der Waals surface area contributed by atoms with Crippen molar-refractivity contribution in [3.63, 3.8) is 0 Å². The Hall–Kier alpha value is -2.83. The summed E-state index contributed by atoms with van der Waals surface area (Å²) in [5.41, 5.74) is 4.17. The largest absolute Gasteiger partial charge is 0.508 e. The third-order valence-electron chi connectivity index (χ3n) is 7.06. The van der Waals surface area contributed by atoms with Crippen molar-refractivity contribution in [3.8, 4) is 5.75 Å². The Morgan fingerprint density at radius 1 is 1.27 bits per heavy atom. The maximum Gasteiger partial charge on any atom is 0.254 e. The van der Waals surface area contributed by atoms with E-state index >= 15 is 0 Å². The van der Waals surface area contributed by atoms with Crippen LogP contribution in [0.15, 0.2) is 18.2 Å². The summed E-state index contributed by atoms with van der Waals surface area (Å²) < 4.78 is 0. The molecule has 1 spiro atoms. The molecular formula is C23H30N4O3. The van der Waals surface area contributed by atoms with Crippen molar-refractivity contribution in [1.29, 1.82) is 0 Å². The number of piperidine rings is 1. The van der Waals surface area contributed by atoms with Crippen LogP contribution in [0.1, 0.15) is 58.6 Å². The monoisotopic (exact) mass is 410 g/mol. The van der Waals surface area contributed by atoms with Gasteiger partial charge in [-0.05, 0) is 63.1 Å². The first-order chi connectivity index (χ1) is 14.3. The average molecular weight is 411 g/mol. The third-order valence-corrected chi connectivity index (χ3v) is 7.06. The van der Waals surface area contributed by atoms with Gasteiger partial charge in [0.25, 0.3) is 5.91 Å². The van der Waals surface area contributed by atoms with E-state index in [1.165, 1.54) is 12.5 Å². The SMILES string of the molecule is Cc1ccc(O)cc1C(=O)N1CCC2(CCC2)C(NC(=O)Cc2c(C)n[nH]c2C)C1. The molecular weight excluding hydrogens is 380 g/mol. The molecule has 30 heavy (non-hydrogen) atoms. The van der Waals surface area contributed by atoms with Crippen LogP contribution < -0.4 is 5.32 Å². The molecule has 7 heteroatoms. The minimum Gasteiger partial charge on any atom is -0.508 e. The molecule has 1 aliphatic heterocycles. The number of carbonyl (C=O) groups excluding carboxylic acids is 2. The zero-order chi connectivity index (χ0) is 21.5. The van der Waals surface area contributed by atoms with Gasteiger partial charge in [0.15, 0.2) is 0 Å². The zero-order valence-corrected chi connectivity index (χ0v) is 17.9. The van der Waals surface area contributed by atoms with E-state index in [0.29, 0.717) is 25.1 Å². The number of likely N-dealkylation sites (tertiary alicyclic amines) is 1. The number of amides is 2. The number of nitrogens with zero attached hydrogens (tertiary/aromatic N) is 2. The quantitative estimate of drug-likeness (QED) is 0.722. The van der Waals surface area contributed by atoms with Crippen LogP contribution in [0, 0.1) is 26.2 Å². The van der Waals surface area contributed by atoms with Gasteiger partial charge in [-0.25, -0.2) is 0 Å². The van der Waals surface area contributed by atoms with E-state index in [-0.39, 0.29) is 29.0 Å². The van der Waals surface area contributed by atoms with Crippen LogP contribution in [0.3, 0.4) is 0 Å². The van der Waals surface area contributed by atoms with Gasteiger partial charge in [-0.2, -0.15) is 5.10 Å². The molecule has 2 aromatic rings. The topological polar surface area (TPSA) is 98.3 Å². The number of phenols is 1. The number of aromatic hydroxyl groups is 1. The molecule has 4 rings (SSSR count). The molecule has 1 aliphatic carbocycles. The molecule has 7 nitrogen and oxygen atoms in total. The molecule has 1 aromatic heterocycles.